The zero-order chi connectivity index (χ0) is 9.56. The van der Waals surface area contributed by atoms with Crippen LogP contribution >= 0.6 is 0 Å². The second-order valence-electron chi connectivity index (χ2n) is 2.75. The van der Waals surface area contributed by atoms with Gasteiger partial charge in [-0.25, -0.2) is 0 Å². The van der Waals surface area contributed by atoms with Crippen LogP contribution in [-0.2, 0) is 9.53 Å². The summed E-state index contributed by atoms with van der Waals surface area (Å²) in [5.74, 6) is 0.222. The van der Waals surface area contributed by atoms with Crippen LogP contribution in [0.1, 0.15) is 33.6 Å². The molecule has 0 aliphatic heterocycles. The van der Waals surface area contributed by atoms with Crippen LogP contribution in [0.5, 0.6) is 0 Å². The summed E-state index contributed by atoms with van der Waals surface area (Å²) in [4.78, 5) is 10.7. The number of allylic oxidation sites excluding steroid dienone is 1. The van der Waals surface area contributed by atoms with Crippen molar-refractivity contribution in [2.45, 2.75) is 33.6 Å². The highest BCUT2D eigenvalue weighted by molar-refractivity contribution is 5.91. The van der Waals surface area contributed by atoms with Crippen molar-refractivity contribution in [1.29, 1.82) is 0 Å². The standard InChI is InChI=1S/C9H17NO2/c1-4-5-6-12-8(3)7(2)9(10)11/h4-6H2,1-3H3,(H2,10,11)/b8-7-. The number of primary amides is 1. The number of hydrogen-bond acceptors (Lipinski definition) is 2. The van der Waals surface area contributed by atoms with E-state index >= 15 is 0 Å². The molecule has 12 heavy (non-hydrogen) atoms. The Labute approximate surface area is 73.6 Å². The molecule has 0 aromatic heterocycles. The summed E-state index contributed by atoms with van der Waals surface area (Å²) in [5.41, 5.74) is 5.57. The lowest BCUT2D eigenvalue weighted by molar-refractivity contribution is -0.114. The predicted molar refractivity (Wildman–Crippen MR) is 48.4 cm³/mol. The van der Waals surface area contributed by atoms with Crippen molar-refractivity contribution < 1.29 is 9.53 Å². The monoisotopic (exact) mass is 171 g/mol. The van der Waals surface area contributed by atoms with Crippen molar-refractivity contribution in [3.8, 4) is 0 Å². The van der Waals surface area contributed by atoms with Gasteiger partial charge in [0, 0.05) is 0 Å². The summed E-state index contributed by atoms with van der Waals surface area (Å²) in [7, 11) is 0. The Kier molecular flexibility index (Phi) is 5.17. The van der Waals surface area contributed by atoms with Crippen LogP contribution in [0, 0.1) is 0 Å². The van der Waals surface area contributed by atoms with E-state index in [2.05, 4.69) is 6.92 Å². The van der Waals surface area contributed by atoms with E-state index in [1.807, 2.05) is 0 Å². The van der Waals surface area contributed by atoms with Crippen LogP contribution in [0.4, 0.5) is 0 Å². The Morgan fingerprint density at radius 3 is 2.42 bits per heavy atom. The molecule has 2 N–H and O–H groups in total. The molecule has 0 aliphatic rings. The van der Waals surface area contributed by atoms with Gasteiger partial charge in [-0.05, 0) is 20.3 Å². The quantitative estimate of drug-likeness (QED) is 0.388. The Morgan fingerprint density at radius 2 is 2.00 bits per heavy atom. The average molecular weight is 171 g/mol. The summed E-state index contributed by atoms with van der Waals surface area (Å²) >= 11 is 0. The third-order valence-electron chi connectivity index (χ3n) is 1.71. The molecule has 0 spiro atoms. The second kappa shape index (κ2) is 5.63. The van der Waals surface area contributed by atoms with E-state index in [1.54, 1.807) is 13.8 Å². The largest absolute Gasteiger partial charge is 0.498 e. The predicted octanol–water partition coefficient (Wildman–Crippen LogP) is 1.58. The Morgan fingerprint density at radius 1 is 1.42 bits per heavy atom. The number of nitrogens with two attached hydrogens (primary N) is 1. The fraction of sp³-hybridized carbons (Fsp3) is 0.667. The number of hydrogen-bond donors (Lipinski definition) is 1. The number of carbonyl (C=O) groups excluding carboxylic acids is 1. The van der Waals surface area contributed by atoms with Crippen LogP contribution < -0.4 is 5.73 Å². The van der Waals surface area contributed by atoms with Crippen LogP contribution in [0.2, 0.25) is 0 Å². The number of ether oxygens (including phenoxy) is 1. The van der Waals surface area contributed by atoms with Crippen LogP contribution in [-0.4, -0.2) is 12.5 Å². The molecule has 0 aromatic rings. The van der Waals surface area contributed by atoms with E-state index in [-0.39, 0.29) is 0 Å². The maximum Gasteiger partial charge on any atom is 0.247 e. The minimum Gasteiger partial charge on any atom is -0.498 e. The third-order valence-corrected chi connectivity index (χ3v) is 1.71. The Balaban J connectivity index is 3.91. The van der Waals surface area contributed by atoms with Gasteiger partial charge in [0.2, 0.25) is 5.91 Å². The smallest absolute Gasteiger partial charge is 0.247 e. The highest BCUT2D eigenvalue weighted by Crippen LogP contribution is 2.05. The normalized spacial score (nSPS) is 12.2. The van der Waals surface area contributed by atoms with E-state index in [1.165, 1.54) is 0 Å². The van der Waals surface area contributed by atoms with Crippen molar-refractivity contribution in [2.75, 3.05) is 6.61 Å². The second-order valence-corrected chi connectivity index (χ2v) is 2.75. The first-order chi connectivity index (χ1) is 5.59. The molecule has 70 valence electrons. The van der Waals surface area contributed by atoms with Gasteiger partial charge in [0.15, 0.2) is 0 Å². The first-order valence-corrected chi connectivity index (χ1v) is 4.19. The minimum absolute atomic E-state index is 0.413. The first kappa shape index (κ1) is 11.0. The van der Waals surface area contributed by atoms with Crippen molar-refractivity contribution in [3.05, 3.63) is 11.3 Å². The molecule has 1 amide bonds. The third kappa shape index (κ3) is 4.01. The van der Waals surface area contributed by atoms with Crippen molar-refractivity contribution in [2.24, 2.45) is 5.73 Å². The number of rotatable bonds is 5. The molecule has 3 nitrogen and oxygen atoms in total. The summed E-state index contributed by atoms with van der Waals surface area (Å²) in [6, 6.07) is 0. The van der Waals surface area contributed by atoms with Gasteiger partial charge in [-0.2, -0.15) is 0 Å². The van der Waals surface area contributed by atoms with E-state index in [9.17, 15) is 4.79 Å². The number of unbranched alkanes of at least 4 members (excludes halogenated alkanes) is 1. The molecule has 0 aromatic carbocycles. The van der Waals surface area contributed by atoms with Gasteiger partial charge < -0.3 is 10.5 Å². The van der Waals surface area contributed by atoms with E-state index in [0.29, 0.717) is 17.9 Å². The summed E-state index contributed by atoms with van der Waals surface area (Å²) in [5, 5.41) is 0. The minimum atomic E-state index is -0.413. The summed E-state index contributed by atoms with van der Waals surface area (Å²) in [6.07, 6.45) is 2.09. The molecule has 0 saturated carbocycles. The van der Waals surface area contributed by atoms with Crippen molar-refractivity contribution in [3.63, 3.8) is 0 Å². The lowest BCUT2D eigenvalue weighted by Crippen LogP contribution is -2.14. The molecule has 0 unspecified atom stereocenters. The maximum atomic E-state index is 10.7. The summed E-state index contributed by atoms with van der Waals surface area (Å²) < 4.78 is 5.28. The topological polar surface area (TPSA) is 52.3 Å². The molecule has 0 rings (SSSR count). The van der Waals surface area contributed by atoms with Gasteiger partial charge >= 0.3 is 0 Å². The molecular weight excluding hydrogens is 154 g/mol. The lowest BCUT2D eigenvalue weighted by atomic mass is 10.2. The fourth-order valence-electron chi connectivity index (χ4n) is 0.651. The van der Waals surface area contributed by atoms with Gasteiger partial charge in [0.25, 0.3) is 0 Å². The van der Waals surface area contributed by atoms with Gasteiger partial charge in [0.05, 0.1) is 12.2 Å². The van der Waals surface area contributed by atoms with E-state index in [4.69, 9.17) is 10.5 Å². The molecular formula is C9H17NO2. The first-order valence-electron chi connectivity index (χ1n) is 4.19. The molecule has 0 atom stereocenters. The highest BCUT2D eigenvalue weighted by atomic mass is 16.5. The van der Waals surface area contributed by atoms with Crippen LogP contribution in [0.15, 0.2) is 11.3 Å². The van der Waals surface area contributed by atoms with Gasteiger partial charge in [-0.15, -0.1) is 0 Å². The SMILES string of the molecule is CCCCO/C(C)=C(/C)C(N)=O. The molecule has 0 heterocycles. The fourth-order valence-corrected chi connectivity index (χ4v) is 0.651. The Hall–Kier alpha value is -0.990. The van der Waals surface area contributed by atoms with E-state index in [0.717, 1.165) is 12.8 Å². The van der Waals surface area contributed by atoms with Crippen LogP contribution in [0.3, 0.4) is 0 Å². The van der Waals surface area contributed by atoms with Crippen LogP contribution in [0.25, 0.3) is 0 Å². The van der Waals surface area contributed by atoms with Gasteiger partial charge in [-0.3, -0.25) is 4.79 Å². The average Bonchev–Trinajstić information content (AvgIpc) is 2.03. The molecule has 0 saturated heterocycles. The zero-order valence-electron chi connectivity index (χ0n) is 8.02. The zero-order valence-corrected chi connectivity index (χ0v) is 8.02. The number of amides is 1. The Bertz CT molecular complexity index is 185. The summed E-state index contributed by atoms with van der Waals surface area (Å²) in [6.45, 7) is 6.18. The molecule has 0 radical (unpaired) electrons. The maximum absolute atomic E-state index is 10.7. The van der Waals surface area contributed by atoms with E-state index < -0.39 is 5.91 Å². The number of carbonyl (C=O) groups is 1. The van der Waals surface area contributed by atoms with Crippen molar-refractivity contribution in [1.82, 2.24) is 0 Å². The lowest BCUT2D eigenvalue weighted by Gasteiger charge is -2.07. The molecule has 3 heteroatoms. The van der Waals surface area contributed by atoms with Crippen molar-refractivity contribution >= 4 is 5.91 Å². The molecule has 0 fully saturated rings. The molecule has 0 bridgehead atoms. The highest BCUT2D eigenvalue weighted by Gasteiger charge is 2.02. The van der Waals surface area contributed by atoms with Gasteiger partial charge in [-0.1, -0.05) is 13.3 Å². The van der Waals surface area contributed by atoms with Gasteiger partial charge in [0.1, 0.15) is 5.76 Å². The molecule has 0 aliphatic carbocycles.